The van der Waals surface area contributed by atoms with Gasteiger partial charge in [-0.05, 0) is 105 Å². The molecule has 2 saturated carbocycles. The van der Waals surface area contributed by atoms with Crippen LogP contribution in [0.4, 0.5) is 8.78 Å². The van der Waals surface area contributed by atoms with Gasteiger partial charge in [-0.1, -0.05) is 30.4 Å². The molecule has 32 heavy (non-hydrogen) atoms. The van der Waals surface area contributed by atoms with Crippen LogP contribution >= 0.6 is 0 Å². The molecule has 0 spiro atoms. The van der Waals surface area contributed by atoms with Gasteiger partial charge in [-0.3, -0.25) is 0 Å². The maximum Gasteiger partial charge on any atom is 0.174 e. The molecule has 0 bridgehead atoms. The molecule has 0 radical (unpaired) electrons. The van der Waals surface area contributed by atoms with Crippen LogP contribution in [0.15, 0.2) is 49.1 Å². The maximum absolute atomic E-state index is 15.0. The van der Waals surface area contributed by atoms with E-state index in [1.54, 1.807) is 43.5 Å². The lowest BCUT2D eigenvalue weighted by molar-refractivity contribution is 0.114. The Morgan fingerprint density at radius 1 is 0.938 bits per heavy atom. The number of benzene rings is 2. The predicted octanol–water partition coefficient (Wildman–Crippen LogP) is 7.64. The van der Waals surface area contributed by atoms with E-state index in [0.29, 0.717) is 11.5 Å². The van der Waals surface area contributed by atoms with Crippen LogP contribution in [0.25, 0.3) is 0 Å². The van der Waals surface area contributed by atoms with Crippen molar-refractivity contribution in [1.29, 1.82) is 0 Å². The molecule has 0 amide bonds. The summed E-state index contributed by atoms with van der Waals surface area (Å²) in [6, 6.07) is 10.6. The van der Waals surface area contributed by atoms with Crippen LogP contribution in [0.1, 0.15) is 74.0 Å². The molecule has 2 aliphatic carbocycles. The van der Waals surface area contributed by atoms with Crippen molar-refractivity contribution in [3.05, 3.63) is 77.4 Å². The highest BCUT2D eigenvalue weighted by Crippen LogP contribution is 2.48. The third-order valence-electron chi connectivity index (χ3n) is 7.48. The van der Waals surface area contributed by atoms with Gasteiger partial charge in [0.2, 0.25) is 0 Å². The molecule has 2 fully saturated rings. The van der Waals surface area contributed by atoms with Gasteiger partial charge in [-0.15, -0.1) is 6.58 Å². The first kappa shape index (κ1) is 22.6. The summed E-state index contributed by atoms with van der Waals surface area (Å²) in [5.74, 6) is 7.22. The van der Waals surface area contributed by atoms with Gasteiger partial charge in [0.1, 0.15) is 5.75 Å². The lowest BCUT2D eigenvalue weighted by atomic mass is 9.63. The number of rotatable bonds is 5. The number of halogens is 2. The Morgan fingerprint density at radius 3 is 2.44 bits per heavy atom. The standard InChI is InChI=1S/C29H32F2O/c1-3-4-5-21-7-11-24-19-25(13-12-23(24)18-21)27-17-14-22(28(30)29(27)31)10-6-20-8-15-26(32-2)16-9-20/h3,8-9,14-17,21,23-25H,1,4-5,7,11-13,18-19H2,2H3. The third kappa shape index (κ3) is 5.07. The van der Waals surface area contributed by atoms with Gasteiger partial charge >= 0.3 is 0 Å². The monoisotopic (exact) mass is 434 g/mol. The average Bonchev–Trinajstić information content (AvgIpc) is 2.83. The third-order valence-corrected chi connectivity index (χ3v) is 7.48. The molecule has 1 nitrogen and oxygen atoms in total. The molecule has 4 atom stereocenters. The molecule has 0 N–H and O–H groups in total. The summed E-state index contributed by atoms with van der Waals surface area (Å²) in [5, 5.41) is 0. The molecule has 4 unspecified atom stereocenters. The smallest absolute Gasteiger partial charge is 0.174 e. The van der Waals surface area contributed by atoms with E-state index in [2.05, 4.69) is 18.4 Å². The summed E-state index contributed by atoms with van der Waals surface area (Å²) in [5.41, 5.74) is 1.37. The molecule has 168 valence electrons. The number of methoxy groups -OCH3 is 1. The molecule has 0 aromatic heterocycles. The Morgan fingerprint density at radius 2 is 1.69 bits per heavy atom. The average molecular weight is 435 g/mol. The topological polar surface area (TPSA) is 9.23 Å². The Bertz CT molecular complexity index is 998. The van der Waals surface area contributed by atoms with Crippen LogP contribution < -0.4 is 4.74 Å². The van der Waals surface area contributed by atoms with Gasteiger partial charge in [0.25, 0.3) is 0 Å². The summed E-state index contributed by atoms with van der Waals surface area (Å²) in [6.45, 7) is 3.85. The van der Waals surface area contributed by atoms with Crippen molar-refractivity contribution in [2.24, 2.45) is 17.8 Å². The fourth-order valence-corrected chi connectivity index (χ4v) is 5.67. The summed E-state index contributed by atoms with van der Waals surface area (Å²) < 4.78 is 35.0. The first-order chi connectivity index (χ1) is 15.6. The van der Waals surface area contributed by atoms with Crippen molar-refractivity contribution in [3.8, 4) is 17.6 Å². The van der Waals surface area contributed by atoms with Gasteiger partial charge in [-0.2, -0.15) is 0 Å². The van der Waals surface area contributed by atoms with E-state index in [-0.39, 0.29) is 11.5 Å². The highest BCUT2D eigenvalue weighted by Gasteiger charge is 2.36. The molecule has 3 heteroatoms. The Labute approximate surface area is 190 Å². The van der Waals surface area contributed by atoms with Crippen LogP contribution in [-0.4, -0.2) is 7.11 Å². The fraction of sp³-hybridized carbons (Fsp3) is 0.448. The molecule has 4 rings (SSSR count). The summed E-state index contributed by atoms with van der Waals surface area (Å²) in [4.78, 5) is 0. The molecule has 0 aliphatic heterocycles. The maximum atomic E-state index is 15.0. The van der Waals surface area contributed by atoms with Crippen molar-refractivity contribution in [3.63, 3.8) is 0 Å². The molecule has 0 heterocycles. The molecule has 2 aromatic rings. The zero-order chi connectivity index (χ0) is 22.5. The van der Waals surface area contributed by atoms with Crippen molar-refractivity contribution in [2.45, 2.75) is 57.3 Å². The predicted molar refractivity (Wildman–Crippen MR) is 126 cm³/mol. The van der Waals surface area contributed by atoms with Gasteiger partial charge in [0, 0.05) is 5.56 Å². The molecule has 0 saturated heterocycles. The second kappa shape index (κ2) is 10.3. The van der Waals surface area contributed by atoms with E-state index < -0.39 is 11.6 Å². The highest BCUT2D eigenvalue weighted by atomic mass is 19.2. The Kier molecular flexibility index (Phi) is 7.30. The lowest BCUT2D eigenvalue weighted by Gasteiger charge is -2.42. The van der Waals surface area contributed by atoms with Crippen molar-refractivity contribution in [1.82, 2.24) is 0 Å². The highest BCUT2D eigenvalue weighted by molar-refractivity contribution is 5.46. The van der Waals surface area contributed by atoms with E-state index in [4.69, 9.17) is 4.74 Å². The van der Waals surface area contributed by atoms with Gasteiger partial charge in [-0.25, -0.2) is 8.78 Å². The zero-order valence-electron chi connectivity index (χ0n) is 18.9. The quantitative estimate of drug-likeness (QED) is 0.347. The van der Waals surface area contributed by atoms with Gasteiger partial charge in [0.05, 0.1) is 12.7 Å². The van der Waals surface area contributed by atoms with Gasteiger partial charge < -0.3 is 4.74 Å². The van der Waals surface area contributed by atoms with E-state index in [1.165, 1.54) is 25.7 Å². The minimum Gasteiger partial charge on any atom is -0.497 e. The minimum absolute atomic E-state index is 0.110. The number of hydrogen-bond donors (Lipinski definition) is 0. The van der Waals surface area contributed by atoms with E-state index in [9.17, 15) is 4.39 Å². The normalized spacial score (nSPS) is 24.7. The second-order valence-electron chi connectivity index (χ2n) is 9.38. The van der Waals surface area contributed by atoms with Gasteiger partial charge in [0.15, 0.2) is 11.6 Å². The van der Waals surface area contributed by atoms with Crippen LogP contribution in [0.2, 0.25) is 0 Å². The van der Waals surface area contributed by atoms with Crippen LogP contribution in [-0.2, 0) is 0 Å². The number of ether oxygens (including phenoxy) is 1. The first-order valence-electron chi connectivity index (χ1n) is 11.8. The van der Waals surface area contributed by atoms with E-state index >= 15 is 4.39 Å². The summed E-state index contributed by atoms with van der Waals surface area (Å²) in [7, 11) is 1.60. The van der Waals surface area contributed by atoms with Crippen LogP contribution in [0.3, 0.4) is 0 Å². The number of hydrogen-bond acceptors (Lipinski definition) is 1. The Balaban J connectivity index is 1.44. The first-order valence-corrected chi connectivity index (χ1v) is 11.8. The molecular weight excluding hydrogens is 402 g/mol. The minimum atomic E-state index is -0.821. The molecular formula is C29H32F2O. The van der Waals surface area contributed by atoms with Crippen molar-refractivity contribution >= 4 is 0 Å². The lowest BCUT2D eigenvalue weighted by Crippen LogP contribution is -2.30. The van der Waals surface area contributed by atoms with Crippen LogP contribution in [0, 0.1) is 41.2 Å². The SMILES string of the molecule is C=CCCC1CCC2CC(c3ccc(C#Cc4ccc(OC)cc4)c(F)c3F)CCC2C1. The van der Waals surface area contributed by atoms with E-state index in [1.807, 2.05) is 6.08 Å². The van der Waals surface area contributed by atoms with E-state index in [0.717, 1.165) is 48.8 Å². The summed E-state index contributed by atoms with van der Waals surface area (Å²) in [6.07, 6.45) is 11.2. The van der Waals surface area contributed by atoms with Crippen molar-refractivity contribution in [2.75, 3.05) is 7.11 Å². The largest absolute Gasteiger partial charge is 0.497 e. The second-order valence-corrected chi connectivity index (χ2v) is 9.38. The van der Waals surface area contributed by atoms with Crippen LogP contribution in [0.5, 0.6) is 5.75 Å². The molecule has 2 aromatic carbocycles. The molecule has 2 aliphatic rings. The fourth-order valence-electron chi connectivity index (χ4n) is 5.67. The summed E-state index contributed by atoms with van der Waals surface area (Å²) >= 11 is 0. The number of allylic oxidation sites excluding steroid dienone is 1. The Hall–Kier alpha value is -2.60. The van der Waals surface area contributed by atoms with Crippen molar-refractivity contribution < 1.29 is 13.5 Å². The number of fused-ring (bicyclic) bond motifs is 1. The zero-order valence-corrected chi connectivity index (χ0v) is 18.9.